The first kappa shape index (κ1) is 15.1. The highest BCUT2D eigenvalue weighted by Gasteiger charge is 2.38. The Morgan fingerprint density at radius 3 is 3.08 bits per heavy atom. The maximum atomic E-state index is 12.3. The van der Waals surface area contributed by atoms with E-state index in [9.17, 15) is 4.79 Å². The molecule has 6 nitrogen and oxygen atoms in total. The molecule has 0 radical (unpaired) electrons. The van der Waals surface area contributed by atoms with Gasteiger partial charge in [0.05, 0.1) is 20.3 Å². The largest absolute Gasteiger partial charge is 0.497 e. The van der Waals surface area contributed by atoms with E-state index < -0.39 is 0 Å². The van der Waals surface area contributed by atoms with E-state index >= 15 is 0 Å². The number of methoxy groups -OCH3 is 1. The molecule has 124 valence electrons. The number of nitrogens with zero attached hydrogens (tertiary/aromatic N) is 2. The van der Waals surface area contributed by atoms with Crippen LogP contribution in [0.15, 0.2) is 38.6 Å². The molecule has 0 aliphatic carbocycles. The first-order chi connectivity index (χ1) is 11.7. The number of ether oxygens (including phenoxy) is 2. The van der Waals surface area contributed by atoms with Crippen molar-refractivity contribution in [3.8, 4) is 5.75 Å². The van der Waals surface area contributed by atoms with E-state index in [0.717, 1.165) is 40.7 Å². The lowest BCUT2D eigenvalue weighted by atomic mass is 10.2. The minimum absolute atomic E-state index is 0.333. The van der Waals surface area contributed by atoms with Crippen molar-refractivity contribution < 1.29 is 18.7 Å². The molecule has 7 heteroatoms. The molecule has 0 spiro atoms. The number of fused-ring (bicyclic) bond motifs is 2. The third-order valence-electron chi connectivity index (χ3n) is 3.90. The summed E-state index contributed by atoms with van der Waals surface area (Å²) < 4.78 is 16.4. The summed E-state index contributed by atoms with van der Waals surface area (Å²) in [4.78, 5) is 19.3. The van der Waals surface area contributed by atoms with Gasteiger partial charge in [0.15, 0.2) is 10.9 Å². The minimum atomic E-state index is -0.340. The number of aliphatic imine (C=N–C) groups is 1. The summed E-state index contributed by atoms with van der Waals surface area (Å²) in [5, 5.41) is 1.75. The number of carbonyl (C=O) groups is 1. The molecule has 4 rings (SSSR count). The molecule has 0 amide bonds. The monoisotopic (exact) mass is 344 g/mol. The molecule has 1 aromatic heterocycles. The van der Waals surface area contributed by atoms with E-state index in [1.54, 1.807) is 14.0 Å². The Hall–Kier alpha value is -2.41. The standard InChI is InChI=1S/C17H16N2O4S/c1-3-22-16(20)15-14(19-7-6-18-17(19)24-15)13-9-10-8-11(21-2)4-5-12(10)23-13/h4-5,8-9H,3,6-7H2,1-2H3. The zero-order valence-electron chi connectivity index (χ0n) is 13.4. The fraction of sp³-hybridized carbons (Fsp3) is 0.294. The van der Waals surface area contributed by atoms with Crippen LogP contribution in [0.1, 0.15) is 12.7 Å². The number of furan rings is 1. The van der Waals surface area contributed by atoms with E-state index in [0.29, 0.717) is 17.3 Å². The van der Waals surface area contributed by atoms with Gasteiger partial charge < -0.3 is 18.8 Å². The fourth-order valence-electron chi connectivity index (χ4n) is 2.83. The number of carbonyl (C=O) groups excluding carboxylic acids is 1. The summed E-state index contributed by atoms with van der Waals surface area (Å²) in [6, 6.07) is 7.55. The van der Waals surface area contributed by atoms with Crippen LogP contribution in [0.25, 0.3) is 16.7 Å². The van der Waals surface area contributed by atoms with Crippen molar-refractivity contribution in [2.75, 3.05) is 26.8 Å². The molecular formula is C17H16N2O4S. The molecule has 3 heterocycles. The predicted molar refractivity (Wildman–Crippen MR) is 92.9 cm³/mol. The van der Waals surface area contributed by atoms with Gasteiger partial charge in [0, 0.05) is 11.9 Å². The van der Waals surface area contributed by atoms with Crippen LogP contribution in [-0.4, -0.2) is 42.8 Å². The van der Waals surface area contributed by atoms with Crippen molar-refractivity contribution >= 4 is 39.6 Å². The van der Waals surface area contributed by atoms with E-state index in [1.165, 1.54) is 11.8 Å². The van der Waals surface area contributed by atoms with Crippen LogP contribution < -0.4 is 4.74 Å². The zero-order valence-corrected chi connectivity index (χ0v) is 14.2. The average molecular weight is 344 g/mol. The molecule has 0 N–H and O–H groups in total. The van der Waals surface area contributed by atoms with Gasteiger partial charge in [-0.3, -0.25) is 4.99 Å². The van der Waals surface area contributed by atoms with Crippen molar-refractivity contribution in [3.63, 3.8) is 0 Å². The Morgan fingerprint density at radius 2 is 2.29 bits per heavy atom. The molecule has 0 bridgehead atoms. The Balaban J connectivity index is 1.82. The summed E-state index contributed by atoms with van der Waals surface area (Å²) in [7, 11) is 1.63. The number of hydrogen-bond donors (Lipinski definition) is 0. The van der Waals surface area contributed by atoms with Crippen LogP contribution in [0.2, 0.25) is 0 Å². The zero-order chi connectivity index (χ0) is 16.7. The molecule has 2 aliphatic heterocycles. The smallest absolute Gasteiger partial charge is 0.347 e. The van der Waals surface area contributed by atoms with Crippen molar-refractivity contribution in [1.82, 2.24) is 4.90 Å². The summed E-state index contributed by atoms with van der Waals surface area (Å²) in [6.45, 7) is 3.58. The van der Waals surface area contributed by atoms with E-state index in [1.807, 2.05) is 29.2 Å². The number of amidine groups is 1. The summed E-state index contributed by atoms with van der Waals surface area (Å²) >= 11 is 1.35. The number of benzene rings is 1. The highest BCUT2D eigenvalue weighted by atomic mass is 32.2. The van der Waals surface area contributed by atoms with Gasteiger partial charge in [0.1, 0.15) is 21.9 Å². The van der Waals surface area contributed by atoms with Crippen LogP contribution in [0.3, 0.4) is 0 Å². The SMILES string of the molecule is CCOC(=O)C1=C(c2cc3cc(OC)ccc3o2)N2CCN=C2S1. The quantitative estimate of drug-likeness (QED) is 0.794. The third kappa shape index (κ3) is 2.36. The van der Waals surface area contributed by atoms with E-state index in [4.69, 9.17) is 13.9 Å². The van der Waals surface area contributed by atoms with Gasteiger partial charge in [-0.15, -0.1) is 0 Å². The highest BCUT2D eigenvalue weighted by molar-refractivity contribution is 8.18. The van der Waals surface area contributed by atoms with E-state index in [2.05, 4.69) is 4.99 Å². The molecule has 2 aromatic rings. The lowest BCUT2D eigenvalue weighted by Gasteiger charge is -2.14. The minimum Gasteiger partial charge on any atom is -0.497 e. The van der Waals surface area contributed by atoms with Gasteiger partial charge in [-0.05, 0) is 43.0 Å². The number of esters is 1. The fourth-order valence-corrected chi connectivity index (χ4v) is 3.91. The van der Waals surface area contributed by atoms with Crippen LogP contribution in [-0.2, 0) is 9.53 Å². The average Bonchev–Trinajstić information content (AvgIpc) is 3.27. The summed E-state index contributed by atoms with van der Waals surface area (Å²) in [5.41, 5.74) is 1.49. The maximum absolute atomic E-state index is 12.3. The second-order valence-electron chi connectivity index (χ2n) is 5.33. The van der Waals surface area contributed by atoms with Gasteiger partial charge in [-0.2, -0.15) is 0 Å². The van der Waals surface area contributed by atoms with Crippen molar-refractivity contribution in [1.29, 1.82) is 0 Å². The number of rotatable bonds is 4. The number of hydrogen-bond acceptors (Lipinski definition) is 7. The molecule has 24 heavy (non-hydrogen) atoms. The predicted octanol–water partition coefficient (Wildman–Crippen LogP) is 3.09. The Morgan fingerprint density at radius 1 is 1.42 bits per heavy atom. The second kappa shape index (κ2) is 5.90. The van der Waals surface area contributed by atoms with Gasteiger partial charge in [-0.25, -0.2) is 4.79 Å². The van der Waals surface area contributed by atoms with Crippen molar-refractivity contribution in [2.45, 2.75) is 6.92 Å². The molecule has 0 saturated heterocycles. The van der Waals surface area contributed by atoms with Gasteiger partial charge >= 0.3 is 5.97 Å². The van der Waals surface area contributed by atoms with Crippen LogP contribution in [0, 0.1) is 0 Å². The van der Waals surface area contributed by atoms with Crippen molar-refractivity contribution in [3.05, 3.63) is 34.9 Å². The van der Waals surface area contributed by atoms with Crippen LogP contribution >= 0.6 is 11.8 Å². The van der Waals surface area contributed by atoms with E-state index in [-0.39, 0.29) is 5.97 Å². The second-order valence-corrected chi connectivity index (χ2v) is 6.31. The molecule has 0 fully saturated rings. The van der Waals surface area contributed by atoms with Gasteiger partial charge in [0.2, 0.25) is 0 Å². The van der Waals surface area contributed by atoms with Gasteiger partial charge in [-0.1, -0.05) is 0 Å². The summed E-state index contributed by atoms with van der Waals surface area (Å²) in [5.74, 6) is 1.06. The lowest BCUT2D eigenvalue weighted by Crippen LogP contribution is -2.20. The topological polar surface area (TPSA) is 64.3 Å². The lowest BCUT2D eigenvalue weighted by molar-refractivity contribution is -0.137. The molecule has 1 aromatic carbocycles. The maximum Gasteiger partial charge on any atom is 0.347 e. The molecule has 0 saturated carbocycles. The van der Waals surface area contributed by atoms with Crippen molar-refractivity contribution in [2.24, 2.45) is 4.99 Å². The Labute approximate surface area is 143 Å². The Bertz CT molecular complexity index is 884. The first-order valence-corrected chi connectivity index (χ1v) is 8.52. The third-order valence-corrected chi connectivity index (χ3v) is 4.99. The highest BCUT2D eigenvalue weighted by Crippen LogP contribution is 2.43. The summed E-state index contributed by atoms with van der Waals surface area (Å²) in [6.07, 6.45) is 0. The molecule has 0 atom stereocenters. The molecule has 2 aliphatic rings. The molecular weight excluding hydrogens is 328 g/mol. The van der Waals surface area contributed by atoms with Crippen LogP contribution in [0.4, 0.5) is 0 Å². The Kier molecular flexibility index (Phi) is 3.72. The number of thioether (sulfide) groups is 1. The first-order valence-electron chi connectivity index (χ1n) is 7.70. The van der Waals surface area contributed by atoms with Crippen LogP contribution in [0.5, 0.6) is 5.75 Å². The molecule has 0 unspecified atom stereocenters. The van der Waals surface area contributed by atoms with Gasteiger partial charge in [0.25, 0.3) is 0 Å². The normalized spacial score (nSPS) is 16.6.